The quantitative estimate of drug-likeness (QED) is 0.496. The highest BCUT2D eigenvalue weighted by molar-refractivity contribution is 5.88. The molecule has 2 aliphatic rings. The molecule has 0 spiro atoms. The molecule has 0 fully saturated rings. The van der Waals surface area contributed by atoms with Crippen molar-refractivity contribution in [3.05, 3.63) is 99.8 Å². The number of ether oxygens (including phenoxy) is 1. The van der Waals surface area contributed by atoms with E-state index in [9.17, 15) is 14.7 Å². The molecule has 0 saturated heterocycles. The summed E-state index contributed by atoms with van der Waals surface area (Å²) in [6.07, 6.45) is 3.10. The maximum absolute atomic E-state index is 12.8. The van der Waals surface area contributed by atoms with Crippen molar-refractivity contribution >= 4 is 5.97 Å². The van der Waals surface area contributed by atoms with Crippen LogP contribution in [0, 0.1) is 5.41 Å². The third kappa shape index (κ3) is 4.12. The third-order valence-corrected chi connectivity index (χ3v) is 6.94. The summed E-state index contributed by atoms with van der Waals surface area (Å²) in [5.41, 5.74) is 5.31. The SMILES string of the molecule is CC(C)(C)[C@@H]1Cc2c(cc(-c3ccccccccc3)c3c2CCO3)-c2cc(=O)c(C(=O)O)cn21. The van der Waals surface area contributed by atoms with Gasteiger partial charge in [-0.1, -0.05) is 75.4 Å². The van der Waals surface area contributed by atoms with E-state index in [1.165, 1.54) is 23.4 Å². The van der Waals surface area contributed by atoms with E-state index >= 15 is 0 Å². The summed E-state index contributed by atoms with van der Waals surface area (Å²) in [5.74, 6) is -0.285. The van der Waals surface area contributed by atoms with Crippen molar-refractivity contribution in [1.82, 2.24) is 4.57 Å². The van der Waals surface area contributed by atoms with Crippen LogP contribution in [-0.4, -0.2) is 22.2 Å². The van der Waals surface area contributed by atoms with Gasteiger partial charge in [-0.15, -0.1) is 0 Å². The lowest BCUT2D eigenvalue weighted by molar-refractivity contribution is 0.0693. The molecule has 0 aliphatic carbocycles. The molecule has 1 aromatic heterocycles. The molecule has 3 aromatic rings. The van der Waals surface area contributed by atoms with Crippen molar-refractivity contribution in [2.24, 2.45) is 5.41 Å². The molecule has 178 valence electrons. The van der Waals surface area contributed by atoms with Crippen LogP contribution in [0.5, 0.6) is 5.75 Å². The molecule has 0 radical (unpaired) electrons. The number of hydrogen-bond donors (Lipinski definition) is 1. The minimum Gasteiger partial charge on any atom is -0.492 e. The van der Waals surface area contributed by atoms with Gasteiger partial charge in [0.25, 0.3) is 0 Å². The van der Waals surface area contributed by atoms with Crippen LogP contribution >= 0.6 is 0 Å². The smallest absolute Gasteiger partial charge is 0.341 e. The molecule has 3 heterocycles. The van der Waals surface area contributed by atoms with Gasteiger partial charge >= 0.3 is 5.97 Å². The van der Waals surface area contributed by atoms with E-state index in [1.54, 1.807) is 0 Å². The Hall–Kier alpha value is -3.86. The van der Waals surface area contributed by atoms with Crippen LogP contribution in [0.25, 0.3) is 22.4 Å². The largest absolute Gasteiger partial charge is 0.492 e. The maximum atomic E-state index is 12.8. The van der Waals surface area contributed by atoms with Gasteiger partial charge in [0.15, 0.2) is 5.43 Å². The Kier molecular flexibility index (Phi) is 5.72. The highest BCUT2D eigenvalue weighted by Gasteiger charge is 2.36. The lowest BCUT2D eigenvalue weighted by atomic mass is 9.76. The van der Waals surface area contributed by atoms with Crippen molar-refractivity contribution in [3.63, 3.8) is 0 Å². The van der Waals surface area contributed by atoms with E-state index in [4.69, 9.17) is 4.74 Å². The normalized spacial score (nSPS) is 15.8. The first kappa shape index (κ1) is 22.9. The molecule has 35 heavy (non-hydrogen) atoms. The van der Waals surface area contributed by atoms with Gasteiger partial charge < -0.3 is 14.4 Å². The second kappa shape index (κ2) is 8.73. The number of fused-ring (bicyclic) bond motifs is 5. The first-order valence-electron chi connectivity index (χ1n) is 12.0. The monoisotopic (exact) mass is 467 g/mol. The number of aromatic nitrogens is 1. The average Bonchev–Trinajstić information content (AvgIpc) is 3.30. The maximum Gasteiger partial charge on any atom is 0.341 e. The van der Waals surface area contributed by atoms with Gasteiger partial charge in [-0.2, -0.15) is 0 Å². The lowest BCUT2D eigenvalue weighted by Gasteiger charge is -2.39. The predicted molar refractivity (Wildman–Crippen MR) is 138 cm³/mol. The topological polar surface area (TPSA) is 68.5 Å². The van der Waals surface area contributed by atoms with E-state index in [2.05, 4.69) is 39.0 Å². The molecular weight excluding hydrogens is 438 g/mol. The molecule has 0 amide bonds. The van der Waals surface area contributed by atoms with Crippen molar-refractivity contribution < 1.29 is 14.6 Å². The Bertz CT molecular complexity index is 1420. The van der Waals surface area contributed by atoms with Gasteiger partial charge in [0.05, 0.1) is 12.3 Å². The standard InChI is InChI=1S/C30H29NO4/c1-30(2,3)27-16-22-20-13-14-35-28(20)21(19-11-9-7-5-4-6-8-10-12-19)15-23(22)25-17-26(32)24(29(33)34)18-31(25)27/h4-12,15,17-18,27H,13-14,16H2,1-3H3,(H,33,34)/t27-/m0/s1. The van der Waals surface area contributed by atoms with E-state index in [0.29, 0.717) is 6.61 Å². The first-order chi connectivity index (χ1) is 16.8. The van der Waals surface area contributed by atoms with Gasteiger partial charge in [-0.25, -0.2) is 4.79 Å². The van der Waals surface area contributed by atoms with Crippen molar-refractivity contribution in [3.8, 4) is 28.1 Å². The fraction of sp³-hybridized carbons (Fsp3) is 0.267. The highest BCUT2D eigenvalue weighted by atomic mass is 16.5. The number of carbonyl (C=O) groups is 1. The van der Waals surface area contributed by atoms with E-state index in [0.717, 1.165) is 41.0 Å². The van der Waals surface area contributed by atoms with Gasteiger partial charge in [0.1, 0.15) is 11.3 Å². The number of carboxylic acid groups (broad SMARTS) is 1. The van der Waals surface area contributed by atoms with Crippen LogP contribution < -0.4 is 10.2 Å². The zero-order valence-corrected chi connectivity index (χ0v) is 20.2. The van der Waals surface area contributed by atoms with Crippen molar-refractivity contribution in [2.45, 2.75) is 39.7 Å². The number of rotatable bonds is 2. The fourth-order valence-corrected chi connectivity index (χ4v) is 5.19. The molecule has 5 heteroatoms. The minimum absolute atomic E-state index is 0.00637. The van der Waals surface area contributed by atoms with Gasteiger partial charge in [0.2, 0.25) is 0 Å². The Labute approximate surface area is 205 Å². The molecule has 0 bridgehead atoms. The summed E-state index contributed by atoms with van der Waals surface area (Å²) < 4.78 is 8.19. The summed E-state index contributed by atoms with van der Waals surface area (Å²) >= 11 is 0. The zero-order valence-electron chi connectivity index (χ0n) is 20.2. The van der Waals surface area contributed by atoms with Gasteiger partial charge in [0, 0.05) is 41.4 Å². The zero-order chi connectivity index (χ0) is 24.7. The summed E-state index contributed by atoms with van der Waals surface area (Å²) in [6, 6.07) is 21.6. The first-order valence-corrected chi connectivity index (χ1v) is 12.0. The number of pyridine rings is 1. The molecule has 0 saturated carbocycles. The van der Waals surface area contributed by atoms with Crippen LogP contribution in [0.3, 0.4) is 0 Å². The number of hydrogen-bond acceptors (Lipinski definition) is 3. The van der Waals surface area contributed by atoms with Gasteiger partial charge in [-0.05, 0) is 29.0 Å². The third-order valence-electron chi connectivity index (χ3n) is 6.94. The number of nitrogens with zero attached hydrogens (tertiary/aromatic N) is 1. The Balaban J connectivity index is 1.82. The lowest BCUT2D eigenvalue weighted by Crippen LogP contribution is -2.33. The van der Waals surface area contributed by atoms with Crippen LogP contribution in [0.1, 0.15) is 48.3 Å². The Morgan fingerprint density at radius 1 is 0.971 bits per heavy atom. The van der Waals surface area contributed by atoms with Crippen LogP contribution in [0.2, 0.25) is 0 Å². The average molecular weight is 468 g/mol. The van der Waals surface area contributed by atoms with E-state index in [1.807, 2.05) is 47.0 Å². The number of benzene rings is 1. The molecule has 5 rings (SSSR count). The summed E-state index contributed by atoms with van der Waals surface area (Å²) in [5, 5.41) is 9.62. The van der Waals surface area contributed by atoms with Crippen LogP contribution in [0.4, 0.5) is 0 Å². The van der Waals surface area contributed by atoms with E-state index in [-0.39, 0.29) is 17.0 Å². The molecule has 1 atom stereocenters. The molecule has 2 aliphatic heterocycles. The molecule has 0 unspecified atom stereocenters. The second-order valence-electron chi connectivity index (χ2n) is 10.2. The summed E-state index contributed by atoms with van der Waals surface area (Å²) in [7, 11) is 0. The molecule has 1 N–H and O–H groups in total. The van der Waals surface area contributed by atoms with E-state index < -0.39 is 11.4 Å². The molecule has 2 aromatic carbocycles. The van der Waals surface area contributed by atoms with Crippen molar-refractivity contribution in [2.75, 3.05) is 6.61 Å². The number of carboxylic acids is 1. The summed E-state index contributed by atoms with van der Waals surface area (Å²) in [6.45, 7) is 7.08. The Morgan fingerprint density at radius 2 is 1.63 bits per heavy atom. The number of aromatic carboxylic acids is 1. The highest BCUT2D eigenvalue weighted by Crippen LogP contribution is 2.49. The molecule has 5 nitrogen and oxygen atoms in total. The molecular formula is C30H29NO4. The van der Waals surface area contributed by atoms with Gasteiger partial charge in [-0.3, -0.25) is 4.79 Å². The van der Waals surface area contributed by atoms with Crippen molar-refractivity contribution in [1.29, 1.82) is 0 Å². The van der Waals surface area contributed by atoms with Crippen LogP contribution in [-0.2, 0) is 12.8 Å². The fourth-order valence-electron chi connectivity index (χ4n) is 5.19. The predicted octanol–water partition coefficient (Wildman–Crippen LogP) is 6.08. The second-order valence-corrected chi connectivity index (χ2v) is 10.2. The minimum atomic E-state index is -1.20. The summed E-state index contributed by atoms with van der Waals surface area (Å²) in [4.78, 5) is 24.6. The Morgan fingerprint density at radius 3 is 2.26 bits per heavy atom. The van der Waals surface area contributed by atoms with Crippen LogP contribution in [0.15, 0.2) is 77.7 Å².